The molecule has 1 aliphatic rings. The largest absolute Gasteiger partial charge is 0.350 e. The predicted molar refractivity (Wildman–Crippen MR) is 74.1 cm³/mol. The Bertz CT molecular complexity index is 464. The molecule has 102 valence electrons. The lowest BCUT2D eigenvalue weighted by molar-refractivity contribution is 0.0947. The number of nitrogens with one attached hydrogen (secondary N) is 1. The summed E-state index contributed by atoms with van der Waals surface area (Å²) in [6.07, 6.45) is 2.82. The van der Waals surface area contributed by atoms with E-state index in [4.69, 9.17) is 5.73 Å². The number of carbonyl (C=O) groups excluding carboxylic acids is 2. The third-order valence-electron chi connectivity index (χ3n) is 3.52. The fraction of sp³-hybridized carbons (Fsp3) is 0.467. The number of benzene rings is 1. The number of hydrogen-bond donors (Lipinski definition) is 2. The SMILES string of the molecule is CCC(=O)c1ccc(C(=O)NCC(N)C2CC2)cc1. The molecule has 1 unspecified atom stereocenters. The number of Topliss-reactive ketones (excluding diaryl/α,β-unsaturated/α-hetero) is 1. The van der Waals surface area contributed by atoms with Gasteiger partial charge in [-0.2, -0.15) is 0 Å². The van der Waals surface area contributed by atoms with Gasteiger partial charge in [-0.25, -0.2) is 0 Å². The van der Waals surface area contributed by atoms with Crippen molar-refractivity contribution in [2.45, 2.75) is 32.2 Å². The van der Waals surface area contributed by atoms with Crippen LogP contribution in [0.4, 0.5) is 0 Å². The van der Waals surface area contributed by atoms with Crippen LogP contribution in [0.5, 0.6) is 0 Å². The van der Waals surface area contributed by atoms with Crippen LogP contribution in [0.2, 0.25) is 0 Å². The highest BCUT2D eigenvalue weighted by Crippen LogP contribution is 2.31. The van der Waals surface area contributed by atoms with Gasteiger partial charge in [-0.3, -0.25) is 9.59 Å². The van der Waals surface area contributed by atoms with Gasteiger partial charge in [-0.15, -0.1) is 0 Å². The van der Waals surface area contributed by atoms with E-state index in [2.05, 4.69) is 5.32 Å². The highest BCUT2D eigenvalue weighted by Gasteiger charge is 2.28. The van der Waals surface area contributed by atoms with E-state index in [-0.39, 0.29) is 17.7 Å². The Morgan fingerprint density at radius 2 is 1.84 bits per heavy atom. The van der Waals surface area contributed by atoms with Crippen LogP contribution < -0.4 is 11.1 Å². The smallest absolute Gasteiger partial charge is 0.251 e. The third kappa shape index (κ3) is 3.64. The van der Waals surface area contributed by atoms with Crippen molar-refractivity contribution in [1.82, 2.24) is 5.32 Å². The van der Waals surface area contributed by atoms with Crippen molar-refractivity contribution in [3.8, 4) is 0 Å². The molecule has 0 heterocycles. The third-order valence-corrected chi connectivity index (χ3v) is 3.52. The zero-order valence-electron chi connectivity index (χ0n) is 11.2. The Labute approximate surface area is 113 Å². The van der Waals surface area contributed by atoms with Crippen LogP contribution in [-0.2, 0) is 0 Å². The summed E-state index contributed by atoms with van der Waals surface area (Å²) in [7, 11) is 0. The van der Waals surface area contributed by atoms with Crippen molar-refractivity contribution >= 4 is 11.7 Å². The molecule has 1 atom stereocenters. The molecule has 1 fully saturated rings. The fourth-order valence-electron chi connectivity index (χ4n) is 2.02. The van der Waals surface area contributed by atoms with Crippen molar-refractivity contribution in [2.75, 3.05) is 6.54 Å². The minimum atomic E-state index is -0.133. The van der Waals surface area contributed by atoms with E-state index in [9.17, 15) is 9.59 Å². The molecule has 4 nitrogen and oxygen atoms in total. The zero-order chi connectivity index (χ0) is 13.8. The number of nitrogens with two attached hydrogens (primary N) is 1. The van der Waals surface area contributed by atoms with Gasteiger partial charge in [-0.05, 0) is 30.9 Å². The second kappa shape index (κ2) is 5.97. The summed E-state index contributed by atoms with van der Waals surface area (Å²) in [5.41, 5.74) is 7.14. The predicted octanol–water partition coefficient (Wildman–Crippen LogP) is 1.75. The number of ketones is 1. The van der Waals surface area contributed by atoms with E-state index in [0.717, 1.165) is 0 Å². The molecule has 19 heavy (non-hydrogen) atoms. The lowest BCUT2D eigenvalue weighted by Gasteiger charge is -2.11. The first-order valence-electron chi connectivity index (χ1n) is 6.79. The molecule has 0 bridgehead atoms. The summed E-state index contributed by atoms with van der Waals surface area (Å²) in [5, 5.41) is 2.83. The summed E-state index contributed by atoms with van der Waals surface area (Å²) in [5.74, 6) is 0.527. The van der Waals surface area contributed by atoms with E-state index in [1.54, 1.807) is 24.3 Å². The molecule has 3 N–H and O–H groups in total. The van der Waals surface area contributed by atoms with E-state index in [1.807, 2.05) is 6.92 Å². The van der Waals surface area contributed by atoms with Gasteiger partial charge in [0, 0.05) is 30.1 Å². The number of hydrogen-bond acceptors (Lipinski definition) is 3. The highest BCUT2D eigenvalue weighted by atomic mass is 16.1. The normalized spacial score (nSPS) is 15.9. The van der Waals surface area contributed by atoms with Crippen molar-refractivity contribution in [2.24, 2.45) is 11.7 Å². The summed E-state index contributed by atoms with van der Waals surface area (Å²) < 4.78 is 0. The molecule has 1 aromatic carbocycles. The van der Waals surface area contributed by atoms with Crippen LogP contribution in [-0.4, -0.2) is 24.3 Å². The quantitative estimate of drug-likeness (QED) is 0.765. The van der Waals surface area contributed by atoms with Gasteiger partial charge in [0.2, 0.25) is 0 Å². The first-order chi connectivity index (χ1) is 9.11. The van der Waals surface area contributed by atoms with Gasteiger partial charge in [0.05, 0.1) is 0 Å². The first kappa shape index (κ1) is 13.7. The topological polar surface area (TPSA) is 72.2 Å². The molecular formula is C15H20N2O2. The van der Waals surface area contributed by atoms with E-state index in [1.165, 1.54) is 12.8 Å². The molecule has 1 aromatic rings. The van der Waals surface area contributed by atoms with Gasteiger partial charge in [0.15, 0.2) is 5.78 Å². The molecule has 1 aliphatic carbocycles. The second-order valence-electron chi connectivity index (χ2n) is 5.07. The monoisotopic (exact) mass is 260 g/mol. The maximum absolute atomic E-state index is 11.9. The standard InChI is InChI=1S/C15H20N2O2/c1-2-14(18)11-5-7-12(8-6-11)15(19)17-9-13(16)10-3-4-10/h5-8,10,13H,2-4,9,16H2,1H3,(H,17,19). The van der Waals surface area contributed by atoms with Crippen LogP contribution in [0.3, 0.4) is 0 Å². The molecule has 0 aliphatic heterocycles. The van der Waals surface area contributed by atoms with Crippen molar-refractivity contribution < 1.29 is 9.59 Å². The molecule has 0 spiro atoms. The van der Waals surface area contributed by atoms with Gasteiger partial charge < -0.3 is 11.1 Å². The molecule has 2 rings (SSSR count). The van der Waals surface area contributed by atoms with Crippen molar-refractivity contribution in [1.29, 1.82) is 0 Å². The molecule has 0 saturated heterocycles. The Balaban J connectivity index is 1.89. The van der Waals surface area contributed by atoms with E-state index in [0.29, 0.717) is 30.0 Å². The lowest BCUT2D eigenvalue weighted by Crippen LogP contribution is -2.38. The zero-order valence-corrected chi connectivity index (χ0v) is 11.2. The molecule has 0 radical (unpaired) electrons. The van der Waals surface area contributed by atoms with Gasteiger partial charge in [-0.1, -0.05) is 19.1 Å². The highest BCUT2D eigenvalue weighted by molar-refractivity contribution is 5.98. The molecule has 0 aromatic heterocycles. The van der Waals surface area contributed by atoms with E-state index < -0.39 is 0 Å². The van der Waals surface area contributed by atoms with E-state index >= 15 is 0 Å². The number of amides is 1. The summed E-state index contributed by atoms with van der Waals surface area (Å²) >= 11 is 0. The maximum atomic E-state index is 11.9. The average molecular weight is 260 g/mol. The molecule has 1 saturated carbocycles. The minimum absolute atomic E-state index is 0.0601. The number of carbonyl (C=O) groups is 2. The fourth-order valence-corrected chi connectivity index (χ4v) is 2.02. The second-order valence-corrected chi connectivity index (χ2v) is 5.07. The van der Waals surface area contributed by atoms with Crippen LogP contribution in [0.1, 0.15) is 46.9 Å². The Morgan fingerprint density at radius 1 is 1.26 bits per heavy atom. The Hall–Kier alpha value is -1.68. The van der Waals surface area contributed by atoms with Crippen molar-refractivity contribution in [3.63, 3.8) is 0 Å². The van der Waals surface area contributed by atoms with Gasteiger partial charge >= 0.3 is 0 Å². The van der Waals surface area contributed by atoms with Gasteiger partial charge in [0.1, 0.15) is 0 Å². The van der Waals surface area contributed by atoms with Gasteiger partial charge in [0.25, 0.3) is 5.91 Å². The summed E-state index contributed by atoms with van der Waals surface area (Å²) in [6.45, 7) is 2.33. The summed E-state index contributed by atoms with van der Waals surface area (Å²) in [6, 6.07) is 6.81. The maximum Gasteiger partial charge on any atom is 0.251 e. The molecule has 1 amide bonds. The Morgan fingerprint density at radius 3 is 2.37 bits per heavy atom. The lowest BCUT2D eigenvalue weighted by atomic mass is 10.1. The number of rotatable bonds is 6. The van der Waals surface area contributed by atoms with Crippen LogP contribution in [0.25, 0.3) is 0 Å². The minimum Gasteiger partial charge on any atom is -0.350 e. The summed E-state index contributed by atoms with van der Waals surface area (Å²) in [4.78, 5) is 23.4. The van der Waals surface area contributed by atoms with Crippen molar-refractivity contribution in [3.05, 3.63) is 35.4 Å². The van der Waals surface area contributed by atoms with Crippen LogP contribution in [0, 0.1) is 5.92 Å². The molecule has 4 heteroatoms. The van der Waals surface area contributed by atoms with Crippen LogP contribution in [0.15, 0.2) is 24.3 Å². The van der Waals surface area contributed by atoms with Crippen LogP contribution >= 0.6 is 0 Å². The molecular weight excluding hydrogens is 240 g/mol. The Kier molecular flexibility index (Phi) is 4.32. The average Bonchev–Trinajstić information content (AvgIpc) is 3.28. The first-order valence-corrected chi connectivity index (χ1v) is 6.79.